The third kappa shape index (κ3) is 1.77. The monoisotopic (exact) mass is 170 g/mol. The number of tetrazole rings is 1. The summed E-state index contributed by atoms with van der Waals surface area (Å²) in [6.45, 7) is 3.76. The molecule has 6 nitrogen and oxygen atoms in total. The Balaban J connectivity index is 2.59. The molecule has 12 heavy (non-hydrogen) atoms. The van der Waals surface area contributed by atoms with E-state index in [1.54, 1.807) is 13.8 Å². The van der Waals surface area contributed by atoms with E-state index in [-0.39, 0.29) is 5.97 Å². The highest BCUT2D eigenvalue weighted by molar-refractivity contribution is 5.73. The molecule has 0 saturated heterocycles. The zero-order chi connectivity index (χ0) is 8.97. The highest BCUT2D eigenvalue weighted by atomic mass is 16.5. The van der Waals surface area contributed by atoms with Gasteiger partial charge in [-0.25, -0.2) is 4.79 Å². The molecule has 1 aromatic heterocycles. The van der Waals surface area contributed by atoms with Crippen molar-refractivity contribution in [2.75, 3.05) is 6.61 Å². The van der Waals surface area contributed by atoms with Gasteiger partial charge in [0.05, 0.1) is 6.61 Å². The van der Waals surface area contributed by atoms with Crippen molar-refractivity contribution in [2.24, 2.45) is 0 Å². The number of hydrogen-bond acceptors (Lipinski definition) is 5. The van der Waals surface area contributed by atoms with Gasteiger partial charge in [-0.05, 0) is 19.1 Å². The van der Waals surface area contributed by atoms with E-state index in [9.17, 15) is 4.79 Å². The van der Waals surface area contributed by atoms with Crippen molar-refractivity contribution < 1.29 is 9.53 Å². The van der Waals surface area contributed by atoms with Crippen LogP contribution in [0.25, 0.3) is 0 Å². The summed E-state index contributed by atoms with van der Waals surface area (Å²) in [6.07, 6.45) is 1.27. The van der Waals surface area contributed by atoms with Gasteiger partial charge in [0.2, 0.25) is 0 Å². The van der Waals surface area contributed by atoms with Gasteiger partial charge in [-0.15, -0.1) is 10.2 Å². The molecule has 1 rings (SSSR count). The minimum atomic E-state index is -0.507. The number of nitrogens with zero attached hydrogens (tertiary/aromatic N) is 4. The van der Waals surface area contributed by atoms with Crippen LogP contribution in [0.5, 0.6) is 0 Å². The summed E-state index contributed by atoms with van der Waals surface area (Å²) in [5.74, 6) is -0.351. The molecule has 0 radical (unpaired) electrons. The van der Waals surface area contributed by atoms with E-state index in [1.807, 2.05) is 0 Å². The van der Waals surface area contributed by atoms with Gasteiger partial charge in [-0.2, -0.15) is 4.80 Å². The highest BCUT2D eigenvalue weighted by Crippen LogP contribution is 2.01. The number of ether oxygens (including phenoxy) is 1. The number of esters is 1. The summed E-state index contributed by atoms with van der Waals surface area (Å²) in [4.78, 5) is 12.3. The molecule has 1 heterocycles. The van der Waals surface area contributed by atoms with Crippen LogP contribution >= 0.6 is 0 Å². The molecule has 0 aromatic carbocycles. The lowest BCUT2D eigenvalue weighted by atomic mass is 10.4. The largest absolute Gasteiger partial charge is 0.464 e. The Morgan fingerprint density at radius 2 is 2.50 bits per heavy atom. The molecule has 1 atom stereocenters. The summed E-state index contributed by atoms with van der Waals surface area (Å²) in [5, 5.41) is 10.8. The van der Waals surface area contributed by atoms with Crippen LogP contribution in [0.15, 0.2) is 6.33 Å². The molecule has 0 aliphatic heterocycles. The highest BCUT2D eigenvalue weighted by Gasteiger charge is 2.17. The topological polar surface area (TPSA) is 69.9 Å². The molecule has 0 aliphatic carbocycles. The molecule has 0 amide bonds. The standard InChI is InChI=1S/C6H10N4O2/c1-3-12-6(11)5(2)10-8-4-7-9-10/h4-5H,3H2,1-2H3/t5-/m1/s1. The zero-order valence-electron chi connectivity index (χ0n) is 6.97. The molecule has 0 fully saturated rings. The second-order valence-corrected chi connectivity index (χ2v) is 2.18. The van der Waals surface area contributed by atoms with Crippen LogP contribution in [0.3, 0.4) is 0 Å². The lowest BCUT2D eigenvalue weighted by Crippen LogP contribution is -2.21. The van der Waals surface area contributed by atoms with Gasteiger partial charge >= 0.3 is 5.97 Å². The fourth-order valence-corrected chi connectivity index (χ4v) is 0.710. The lowest BCUT2D eigenvalue weighted by Gasteiger charge is -2.07. The van der Waals surface area contributed by atoms with Gasteiger partial charge in [-0.3, -0.25) is 0 Å². The third-order valence-electron chi connectivity index (χ3n) is 1.34. The molecule has 0 saturated carbocycles. The van der Waals surface area contributed by atoms with E-state index in [2.05, 4.69) is 15.4 Å². The van der Waals surface area contributed by atoms with Crippen molar-refractivity contribution in [1.82, 2.24) is 20.2 Å². The molecule has 0 unspecified atom stereocenters. The maximum absolute atomic E-state index is 11.1. The van der Waals surface area contributed by atoms with Crippen LogP contribution in [0.1, 0.15) is 19.9 Å². The lowest BCUT2D eigenvalue weighted by molar-refractivity contribution is -0.147. The average molecular weight is 170 g/mol. The van der Waals surface area contributed by atoms with Crippen LogP contribution < -0.4 is 0 Å². The second kappa shape index (κ2) is 3.80. The van der Waals surface area contributed by atoms with Crippen molar-refractivity contribution in [3.8, 4) is 0 Å². The Morgan fingerprint density at radius 3 is 3.00 bits per heavy atom. The van der Waals surface area contributed by atoms with Gasteiger partial charge in [0.15, 0.2) is 12.4 Å². The molecule has 0 aliphatic rings. The smallest absolute Gasteiger partial charge is 0.332 e. The quantitative estimate of drug-likeness (QED) is 0.587. The van der Waals surface area contributed by atoms with Crippen LogP contribution in [0.2, 0.25) is 0 Å². The van der Waals surface area contributed by atoms with Crippen molar-refractivity contribution in [3.63, 3.8) is 0 Å². The molecular weight excluding hydrogens is 160 g/mol. The van der Waals surface area contributed by atoms with Gasteiger partial charge in [0, 0.05) is 0 Å². The minimum absolute atomic E-state index is 0.351. The maximum atomic E-state index is 11.1. The summed E-state index contributed by atoms with van der Waals surface area (Å²) < 4.78 is 4.76. The van der Waals surface area contributed by atoms with E-state index in [0.29, 0.717) is 6.61 Å². The second-order valence-electron chi connectivity index (χ2n) is 2.18. The minimum Gasteiger partial charge on any atom is -0.464 e. The molecule has 6 heteroatoms. The Labute approximate surface area is 69.5 Å². The zero-order valence-corrected chi connectivity index (χ0v) is 6.97. The molecule has 0 N–H and O–H groups in total. The maximum Gasteiger partial charge on any atom is 0.332 e. The van der Waals surface area contributed by atoms with E-state index in [1.165, 1.54) is 11.1 Å². The first-order valence-corrected chi connectivity index (χ1v) is 3.64. The van der Waals surface area contributed by atoms with Crippen LogP contribution in [-0.2, 0) is 9.53 Å². The molecule has 1 aromatic rings. The fraction of sp³-hybridized carbons (Fsp3) is 0.667. The summed E-state index contributed by atoms with van der Waals surface area (Å²) in [7, 11) is 0. The van der Waals surface area contributed by atoms with E-state index in [4.69, 9.17) is 4.74 Å². The van der Waals surface area contributed by atoms with Crippen molar-refractivity contribution in [3.05, 3.63) is 6.33 Å². The van der Waals surface area contributed by atoms with Gasteiger partial charge < -0.3 is 4.74 Å². The Morgan fingerprint density at radius 1 is 1.75 bits per heavy atom. The predicted octanol–water partition coefficient (Wildman–Crippen LogP) is -0.203. The number of carbonyl (C=O) groups excluding carboxylic acids is 1. The first-order chi connectivity index (χ1) is 5.75. The van der Waals surface area contributed by atoms with E-state index in [0.717, 1.165) is 0 Å². The SMILES string of the molecule is CCOC(=O)[C@@H](C)n1ncnn1. The van der Waals surface area contributed by atoms with Crippen molar-refractivity contribution >= 4 is 5.97 Å². The van der Waals surface area contributed by atoms with E-state index < -0.39 is 6.04 Å². The molecule has 0 spiro atoms. The third-order valence-corrected chi connectivity index (χ3v) is 1.34. The summed E-state index contributed by atoms with van der Waals surface area (Å²) >= 11 is 0. The normalized spacial score (nSPS) is 12.5. The summed E-state index contributed by atoms with van der Waals surface area (Å²) in [5.41, 5.74) is 0. The van der Waals surface area contributed by atoms with Gasteiger partial charge in [-0.1, -0.05) is 0 Å². The number of carbonyl (C=O) groups is 1. The molecular formula is C6H10N4O2. The Bertz CT molecular complexity index is 246. The van der Waals surface area contributed by atoms with Gasteiger partial charge in [0.25, 0.3) is 0 Å². The van der Waals surface area contributed by atoms with E-state index >= 15 is 0 Å². The number of rotatable bonds is 3. The van der Waals surface area contributed by atoms with Crippen molar-refractivity contribution in [1.29, 1.82) is 0 Å². The number of hydrogen-bond donors (Lipinski definition) is 0. The first-order valence-electron chi connectivity index (χ1n) is 3.64. The summed E-state index contributed by atoms with van der Waals surface area (Å²) in [6, 6.07) is -0.507. The Hall–Kier alpha value is -1.46. The van der Waals surface area contributed by atoms with Crippen LogP contribution in [0, 0.1) is 0 Å². The fourth-order valence-electron chi connectivity index (χ4n) is 0.710. The first kappa shape index (κ1) is 8.63. The average Bonchev–Trinajstić information content (AvgIpc) is 2.55. The number of aromatic nitrogens is 4. The van der Waals surface area contributed by atoms with Gasteiger partial charge in [0.1, 0.15) is 0 Å². The van der Waals surface area contributed by atoms with Crippen LogP contribution in [-0.4, -0.2) is 32.8 Å². The molecule has 0 bridgehead atoms. The molecule has 66 valence electrons. The van der Waals surface area contributed by atoms with Crippen LogP contribution in [0.4, 0.5) is 0 Å². The van der Waals surface area contributed by atoms with Crippen molar-refractivity contribution in [2.45, 2.75) is 19.9 Å². The predicted molar refractivity (Wildman–Crippen MR) is 39.2 cm³/mol. The Kier molecular flexibility index (Phi) is 2.73.